The summed E-state index contributed by atoms with van der Waals surface area (Å²) < 4.78 is 11.9. The molecule has 144 valence electrons. The van der Waals surface area contributed by atoms with E-state index >= 15 is 0 Å². The molecular formula is C22H33O3P. The Morgan fingerprint density at radius 3 is 1.69 bits per heavy atom. The van der Waals surface area contributed by atoms with Crippen molar-refractivity contribution in [2.45, 2.75) is 52.4 Å². The fraction of sp³-hybridized carbons (Fsp3) is 0.455. The number of benzene rings is 2. The molecule has 2 rings (SSSR count). The molecule has 0 aliphatic heterocycles. The molecule has 0 amide bonds. The Bertz CT molecular complexity index is 560. The third kappa shape index (κ3) is 8.21. The van der Waals surface area contributed by atoms with E-state index in [1.54, 1.807) is 0 Å². The summed E-state index contributed by atoms with van der Waals surface area (Å²) >= 11 is 0. The average Bonchev–Trinajstić information content (AvgIpc) is 2.62. The molecule has 0 aliphatic carbocycles. The molecule has 0 atom stereocenters. The van der Waals surface area contributed by atoms with E-state index in [1.807, 2.05) is 60.7 Å². The summed E-state index contributed by atoms with van der Waals surface area (Å²) in [6.07, 6.45) is 7.65. The summed E-state index contributed by atoms with van der Waals surface area (Å²) in [4.78, 5) is 11.1. The average molecular weight is 376 g/mol. The molecule has 0 fully saturated rings. The molecule has 26 heavy (non-hydrogen) atoms. The molecule has 0 bridgehead atoms. The second-order valence-corrected chi connectivity index (χ2v) is 9.58. The molecule has 0 spiro atoms. The molecule has 4 heteroatoms. The van der Waals surface area contributed by atoms with Gasteiger partial charge in [-0.1, -0.05) is 0 Å². The molecule has 0 unspecified atom stereocenters. The maximum absolute atomic E-state index is 11.1. The summed E-state index contributed by atoms with van der Waals surface area (Å²) in [5.74, 6) is 2.11. The van der Waals surface area contributed by atoms with E-state index in [9.17, 15) is 4.89 Å². The standard InChI is InChI=1S/C22H33O3P/c1-20(2)14-8-4-3-5-13-19-26(23,24-21-15-9-6-10-16-21)25-22-17-11-7-12-18-22/h6-7,9-12,15-18,20,23,26H,3-5,8,13-14,19H2,1-2H3. The van der Waals surface area contributed by atoms with Gasteiger partial charge in [0.25, 0.3) is 0 Å². The van der Waals surface area contributed by atoms with E-state index in [0.29, 0.717) is 17.7 Å². The van der Waals surface area contributed by atoms with Crippen molar-refractivity contribution in [3.63, 3.8) is 0 Å². The molecule has 2 aromatic rings. The molecule has 0 aromatic heterocycles. The Hall–Kier alpha value is -1.57. The molecule has 0 saturated heterocycles. The summed E-state index contributed by atoms with van der Waals surface area (Å²) in [6.45, 7) is 4.54. The minimum absolute atomic E-state index is 0.570. The van der Waals surface area contributed by atoms with Crippen LogP contribution < -0.4 is 9.05 Å². The van der Waals surface area contributed by atoms with Crippen LogP contribution in [0.15, 0.2) is 60.7 Å². The van der Waals surface area contributed by atoms with Gasteiger partial charge < -0.3 is 0 Å². The van der Waals surface area contributed by atoms with Crippen molar-refractivity contribution in [2.24, 2.45) is 5.92 Å². The predicted octanol–water partition coefficient (Wildman–Crippen LogP) is 6.63. The molecule has 2 aromatic carbocycles. The molecule has 0 aliphatic rings. The van der Waals surface area contributed by atoms with Gasteiger partial charge in [-0.2, -0.15) is 0 Å². The molecule has 1 N–H and O–H groups in total. The minimum atomic E-state index is -3.32. The topological polar surface area (TPSA) is 38.7 Å². The summed E-state index contributed by atoms with van der Waals surface area (Å²) in [5, 5.41) is 0. The van der Waals surface area contributed by atoms with Gasteiger partial charge in [-0.25, -0.2) is 0 Å². The van der Waals surface area contributed by atoms with E-state index in [1.165, 1.54) is 25.7 Å². The van der Waals surface area contributed by atoms with E-state index < -0.39 is 7.94 Å². The first-order chi connectivity index (χ1) is 12.6. The monoisotopic (exact) mass is 376 g/mol. The van der Waals surface area contributed by atoms with Crippen LogP contribution in [0.4, 0.5) is 0 Å². The van der Waals surface area contributed by atoms with Crippen LogP contribution >= 0.6 is 7.94 Å². The van der Waals surface area contributed by atoms with Crippen LogP contribution in [0, 0.1) is 5.92 Å². The molecule has 0 heterocycles. The van der Waals surface area contributed by atoms with Gasteiger partial charge in [0.15, 0.2) is 0 Å². The van der Waals surface area contributed by atoms with Crippen molar-refractivity contribution in [2.75, 3.05) is 6.16 Å². The van der Waals surface area contributed by atoms with Crippen LogP contribution in [0.2, 0.25) is 0 Å². The van der Waals surface area contributed by atoms with Crippen LogP contribution in [-0.4, -0.2) is 11.1 Å². The molecule has 0 saturated carbocycles. The van der Waals surface area contributed by atoms with Crippen LogP contribution in [0.3, 0.4) is 0 Å². The second-order valence-electron chi connectivity index (χ2n) is 7.24. The van der Waals surface area contributed by atoms with Crippen molar-refractivity contribution >= 4 is 7.94 Å². The number of hydrogen-bond acceptors (Lipinski definition) is 3. The number of unbranched alkanes of at least 4 members (excludes halogenated alkanes) is 4. The molecule has 3 nitrogen and oxygen atoms in total. The van der Waals surface area contributed by atoms with Crippen molar-refractivity contribution < 1.29 is 13.9 Å². The maximum atomic E-state index is 11.1. The third-order valence-electron chi connectivity index (χ3n) is 4.32. The van der Waals surface area contributed by atoms with Gasteiger partial charge >= 0.3 is 158 Å². The zero-order valence-electron chi connectivity index (χ0n) is 16.1. The van der Waals surface area contributed by atoms with Crippen LogP contribution in [0.1, 0.15) is 52.4 Å². The van der Waals surface area contributed by atoms with Gasteiger partial charge in [0.1, 0.15) is 0 Å². The zero-order valence-corrected chi connectivity index (χ0v) is 17.1. The summed E-state index contributed by atoms with van der Waals surface area (Å²) in [5.41, 5.74) is 0. The van der Waals surface area contributed by atoms with Gasteiger partial charge in [0.05, 0.1) is 0 Å². The van der Waals surface area contributed by atoms with Crippen molar-refractivity contribution in [3.8, 4) is 11.5 Å². The van der Waals surface area contributed by atoms with E-state index in [-0.39, 0.29) is 0 Å². The van der Waals surface area contributed by atoms with E-state index in [2.05, 4.69) is 13.8 Å². The van der Waals surface area contributed by atoms with Gasteiger partial charge in [0.2, 0.25) is 0 Å². The van der Waals surface area contributed by atoms with Crippen molar-refractivity contribution in [1.29, 1.82) is 0 Å². The zero-order chi connectivity index (χ0) is 18.7. The number of hydrogen-bond donors (Lipinski definition) is 1. The first-order valence-corrected chi connectivity index (χ1v) is 11.7. The van der Waals surface area contributed by atoms with Crippen molar-refractivity contribution in [1.82, 2.24) is 0 Å². The van der Waals surface area contributed by atoms with E-state index in [4.69, 9.17) is 9.05 Å². The van der Waals surface area contributed by atoms with Crippen LogP contribution in [-0.2, 0) is 0 Å². The Balaban J connectivity index is 1.86. The van der Waals surface area contributed by atoms with Gasteiger partial charge in [0, 0.05) is 0 Å². The molecular weight excluding hydrogens is 343 g/mol. The third-order valence-corrected chi connectivity index (χ3v) is 6.41. The Morgan fingerprint density at radius 2 is 1.19 bits per heavy atom. The normalized spacial score (nSPS) is 12.2. The second kappa shape index (κ2) is 11.2. The predicted molar refractivity (Wildman–Crippen MR) is 112 cm³/mol. The number of para-hydroxylation sites is 2. The molecule has 0 radical (unpaired) electrons. The Labute approximate surface area is 159 Å². The quantitative estimate of drug-likeness (QED) is 0.334. The van der Waals surface area contributed by atoms with Gasteiger partial charge in [-0.05, 0) is 0 Å². The van der Waals surface area contributed by atoms with E-state index in [0.717, 1.165) is 18.8 Å². The van der Waals surface area contributed by atoms with Gasteiger partial charge in [-0.15, -0.1) is 0 Å². The SMILES string of the molecule is CC(C)CCCCCCC[PH](O)(Oc1ccccc1)Oc1ccccc1. The van der Waals surface area contributed by atoms with Crippen molar-refractivity contribution in [3.05, 3.63) is 60.7 Å². The first-order valence-electron chi connectivity index (χ1n) is 9.78. The summed E-state index contributed by atoms with van der Waals surface area (Å²) in [7, 11) is -3.32. The van der Waals surface area contributed by atoms with Crippen LogP contribution in [0.5, 0.6) is 11.5 Å². The summed E-state index contributed by atoms with van der Waals surface area (Å²) in [6, 6.07) is 18.9. The van der Waals surface area contributed by atoms with Crippen LogP contribution in [0.25, 0.3) is 0 Å². The fourth-order valence-electron chi connectivity index (χ4n) is 2.90. The fourth-order valence-corrected chi connectivity index (χ4v) is 4.85. The van der Waals surface area contributed by atoms with Gasteiger partial charge in [-0.3, -0.25) is 0 Å². The first kappa shape index (κ1) is 20.7. The Kier molecular flexibility index (Phi) is 8.94. The Morgan fingerprint density at radius 1 is 0.731 bits per heavy atom. The number of rotatable bonds is 12.